The van der Waals surface area contributed by atoms with Crippen LogP contribution in [-0.4, -0.2) is 26.8 Å². The van der Waals surface area contributed by atoms with Crippen molar-refractivity contribution < 1.29 is 9.13 Å². The van der Waals surface area contributed by atoms with E-state index in [-0.39, 0.29) is 5.82 Å². The number of methoxy groups -OCH3 is 1. The lowest BCUT2D eigenvalue weighted by Crippen LogP contribution is -2.22. The van der Waals surface area contributed by atoms with E-state index in [1.807, 2.05) is 12.1 Å². The van der Waals surface area contributed by atoms with Gasteiger partial charge in [-0.25, -0.2) is 4.39 Å². The molecule has 3 heteroatoms. The van der Waals surface area contributed by atoms with E-state index in [1.54, 1.807) is 7.11 Å². The maximum atomic E-state index is 12.8. The third-order valence-corrected chi connectivity index (χ3v) is 2.65. The third kappa shape index (κ3) is 4.29. The highest BCUT2D eigenvalue weighted by Gasteiger charge is 2.10. The Hall–Kier alpha value is -0.930. The first-order chi connectivity index (χ1) is 7.77. The van der Waals surface area contributed by atoms with Crippen LogP contribution in [-0.2, 0) is 4.74 Å². The summed E-state index contributed by atoms with van der Waals surface area (Å²) in [6.45, 7) is 4.67. The Morgan fingerprint density at radius 1 is 1.31 bits per heavy atom. The normalized spacial score (nSPS) is 12.7. The van der Waals surface area contributed by atoms with Crippen molar-refractivity contribution in [1.82, 2.24) is 5.32 Å². The molecule has 0 saturated carbocycles. The van der Waals surface area contributed by atoms with E-state index >= 15 is 0 Å². The van der Waals surface area contributed by atoms with E-state index in [1.165, 1.54) is 17.7 Å². The van der Waals surface area contributed by atoms with Crippen molar-refractivity contribution in [3.63, 3.8) is 0 Å². The van der Waals surface area contributed by atoms with Crippen molar-refractivity contribution in [2.75, 3.05) is 26.8 Å². The standard InChI is InChI=1S/C13H20FNO/c1-3-15-10-12(8-9-16-2)11-4-6-13(14)7-5-11/h4-7,12,15H,3,8-10H2,1-2H3. The zero-order valence-electron chi connectivity index (χ0n) is 10.0. The smallest absolute Gasteiger partial charge is 0.123 e. The molecule has 1 rings (SSSR count). The van der Waals surface area contributed by atoms with Gasteiger partial charge in [-0.05, 0) is 36.6 Å². The number of hydrogen-bond donors (Lipinski definition) is 1. The fourth-order valence-electron chi connectivity index (χ4n) is 1.70. The summed E-state index contributed by atoms with van der Waals surface area (Å²) in [6.07, 6.45) is 0.954. The molecule has 1 aromatic rings. The van der Waals surface area contributed by atoms with Crippen molar-refractivity contribution in [2.24, 2.45) is 0 Å². The van der Waals surface area contributed by atoms with Gasteiger partial charge in [0, 0.05) is 20.3 Å². The Kier molecular flexibility index (Phi) is 6.04. The Morgan fingerprint density at radius 3 is 2.56 bits per heavy atom. The summed E-state index contributed by atoms with van der Waals surface area (Å²) < 4.78 is 17.9. The topological polar surface area (TPSA) is 21.3 Å². The van der Waals surface area contributed by atoms with Gasteiger partial charge in [0.1, 0.15) is 5.82 Å². The molecule has 1 aromatic carbocycles. The summed E-state index contributed by atoms with van der Waals surface area (Å²) in [6, 6.07) is 6.74. The fourth-order valence-corrected chi connectivity index (χ4v) is 1.70. The van der Waals surface area contributed by atoms with Crippen molar-refractivity contribution in [2.45, 2.75) is 19.3 Å². The fraction of sp³-hybridized carbons (Fsp3) is 0.538. The maximum Gasteiger partial charge on any atom is 0.123 e. The maximum absolute atomic E-state index is 12.8. The van der Waals surface area contributed by atoms with Crippen molar-refractivity contribution in [3.8, 4) is 0 Å². The first-order valence-corrected chi connectivity index (χ1v) is 5.73. The van der Waals surface area contributed by atoms with E-state index in [0.717, 1.165) is 26.1 Å². The molecule has 0 aliphatic rings. The number of hydrogen-bond acceptors (Lipinski definition) is 2. The van der Waals surface area contributed by atoms with Gasteiger partial charge in [-0.2, -0.15) is 0 Å². The van der Waals surface area contributed by atoms with Crippen LogP contribution in [0.2, 0.25) is 0 Å². The molecule has 0 heterocycles. The first kappa shape index (κ1) is 13.1. The summed E-state index contributed by atoms with van der Waals surface area (Å²) in [5.41, 5.74) is 1.17. The number of ether oxygens (including phenoxy) is 1. The molecule has 0 aliphatic carbocycles. The van der Waals surface area contributed by atoms with Crippen molar-refractivity contribution in [1.29, 1.82) is 0 Å². The molecule has 16 heavy (non-hydrogen) atoms. The van der Waals surface area contributed by atoms with E-state index in [4.69, 9.17) is 4.74 Å². The molecule has 0 aliphatic heterocycles. The average molecular weight is 225 g/mol. The summed E-state index contributed by atoms with van der Waals surface area (Å²) in [5, 5.41) is 3.32. The second-order valence-electron chi connectivity index (χ2n) is 3.84. The first-order valence-electron chi connectivity index (χ1n) is 5.73. The Labute approximate surface area is 96.8 Å². The van der Waals surface area contributed by atoms with E-state index in [0.29, 0.717) is 5.92 Å². The Morgan fingerprint density at radius 2 is 2.00 bits per heavy atom. The lowest BCUT2D eigenvalue weighted by molar-refractivity contribution is 0.187. The minimum Gasteiger partial charge on any atom is -0.385 e. The monoisotopic (exact) mass is 225 g/mol. The van der Waals surface area contributed by atoms with E-state index in [9.17, 15) is 4.39 Å². The molecule has 1 atom stereocenters. The second kappa shape index (κ2) is 7.36. The largest absolute Gasteiger partial charge is 0.385 e. The number of benzene rings is 1. The Bertz CT molecular complexity index is 278. The summed E-state index contributed by atoms with van der Waals surface area (Å²) in [7, 11) is 1.70. The van der Waals surface area contributed by atoms with Crippen molar-refractivity contribution in [3.05, 3.63) is 35.6 Å². The molecule has 0 spiro atoms. The van der Waals surface area contributed by atoms with Gasteiger partial charge in [0.15, 0.2) is 0 Å². The minimum atomic E-state index is -0.183. The average Bonchev–Trinajstić information content (AvgIpc) is 2.31. The van der Waals surface area contributed by atoms with Crippen LogP contribution in [0.5, 0.6) is 0 Å². The summed E-state index contributed by atoms with van der Waals surface area (Å²) in [5.74, 6) is 0.207. The lowest BCUT2D eigenvalue weighted by atomic mass is 9.96. The van der Waals surface area contributed by atoms with Gasteiger partial charge < -0.3 is 10.1 Å². The molecule has 0 saturated heterocycles. The van der Waals surface area contributed by atoms with Crippen LogP contribution < -0.4 is 5.32 Å². The highest BCUT2D eigenvalue weighted by Crippen LogP contribution is 2.19. The molecule has 0 bridgehead atoms. The molecule has 90 valence electrons. The number of halogens is 1. The zero-order valence-corrected chi connectivity index (χ0v) is 10.0. The summed E-state index contributed by atoms with van der Waals surface area (Å²) in [4.78, 5) is 0. The number of nitrogens with one attached hydrogen (secondary N) is 1. The quantitative estimate of drug-likeness (QED) is 0.770. The Balaban J connectivity index is 2.62. The number of likely N-dealkylation sites (N-methyl/N-ethyl adjacent to an activating group) is 1. The molecule has 0 amide bonds. The van der Waals surface area contributed by atoms with Gasteiger partial charge in [-0.1, -0.05) is 19.1 Å². The molecular weight excluding hydrogens is 205 g/mol. The lowest BCUT2D eigenvalue weighted by Gasteiger charge is -2.17. The molecule has 0 radical (unpaired) electrons. The van der Waals surface area contributed by atoms with Crippen LogP contribution in [0.1, 0.15) is 24.8 Å². The third-order valence-electron chi connectivity index (χ3n) is 2.65. The predicted octanol–water partition coefficient (Wildman–Crippen LogP) is 2.56. The van der Waals surface area contributed by atoms with Crippen LogP contribution in [0.4, 0.5) is 4.39 Å². The molecule has 0 aromatic heterocycles. The SMILES string of the molecule is CCNCC(CCOC)c1ccc(F)cc1. The zero-order chi connectivity index (χ0) is 11.8. The van der Waals surface area contributed by atoms with Crippen LogP contribution in [0.25, 0.3) is 0 Å². The van der Waals surface area contributed by atoms with Gasteiger partial charge >= 0.3 is 0 Å². The van der Waals surface area contributed by atoms with Gasteiger partial charge in [0.05, 0.1) is 0 Å². The molecular formula is C13H20FNO. The van der Waals surface area contributed by atoms with Gasteiger partial charge in [-0.3, -0.25) is 0 Å². The van der Waals surface area contributed by atoms with Crippen LogP contribution in [0.3, 0.4) is 0 Å². The predicted molar refractivity (Wildman–Crippen MR) is 64.2 cm³/mol. The van der Waals surface area contributed by atoms with Gasteiger partial charge in [-0.15, -0.1) is 0 Å². The van der Waals surface area contributed by atoms with Crippen LogP contribution in [0.15, 0.2) is 24.3 Å². The van der Waals surface area contributed by atoms with Gasteiger partial charge in [0.25, 0.3) is 0 Å². The molecule has 2 nitrogen and oxygen atoms in total. The van der Waals surface area contributed by atoms with Gasteiger partial charge in [0.2, 0.25) is 0 Å². The number of rotatable bonds is 7. The van der Waals surface area contributed by atoms with E-state index in [2.05, 4.69) is 12.2 Å². The molecule has 0 fully saturated rings. The molecule has 1 N–H and O–H groups in total. The van der Waals surface area contributed by atoms with Crippen LogP contribution >= 0.6 is 0 Å². The van der Waals surface area contributed by atoms with Crippen molar-refractivity contribution >= 4 is 0 Å². The minimum absolute atomic E-state index is 0.183. The van der Waals surface area contributed by atoms with Crippen LogP contribution in [0, 0.1) is 5.82 Å². The van der Waals surface area contributed by atoms with E-state index < -0.39 is 0 Å². The highest BCUT2D eigenvalue weighted by atomic mass is 19.1. The summed E-state index contributed by atoms with van der Waals surface area (Å²) >= 11 is 0. The highest BCUT2D eigenvalue weighted by molar-refractivity contribution is 5.20. The second-order valence-corrected chi connectivity index (χ2v) is 3.84. The molecule has 1 unspecified atom stereocenters.